The van der Waals surface area contributed by atoms with Crippen molar-refractivity contribution in [2.75, 3.05) is 5.43 Å². The number of nitrogens with one attached hydrogen (secondary N) is 1. The smallest absolute Gasteiger partial charge is 0.282 e. The maximum atomic E-state index is 11.6. The first kappa shape index (κ1) is 14.5. The fourth-order valence-electron chi connectivity index (χ4n) is 1.80. The van der Waals surface area contributed by atoms with Crippen LogP contribution >= 0.6 is 0 Å². The SMILES string of the molecule is N#CC(C#N)=NNc1ccc2ccccc2c1S(=O)(=O)O. The van der Waals surface area contributed by atoms with E-state index in [2.05, 4.69) is 10.5 Å². The molecule has 0 amide bonds. The Bertz CT molecular complexity index is 905. The molecule has 0 saturated carbocycles. The van der Waals surface area contributed by atoms with Crippen molar-refractivity contribution in [3.8, 4) is 12.1 Å². The van der Waals surface area contributed by atoms with Gasteiger partial charge in [0.1, 0.15) is 17.0 Å². The van der Waals surface area contributed by atoms with Gasteiger partial charge in [-0.1, -0.05) is 30.3 Å². The monoisotopic (exact) mass is 300 g/mol. The summed E-state index contributed by atoms with van der Waals surface area (Å²) in [5, 5.41) is 21.6. The average molecular weight is 300 g/mol. The van der Waals surface area contributed by atoms with Crippen molar-refractivity contribution in [2.45, 2.75) is 4.90 Å². The molecular formula is C13H8N4O3S. The van der Waals surface area contributed by atoms with E-state index in [0.29, 0.717) is 10.8 Å². The molecule has 104 valence electrons. The van der Waals surface area contributed by atoms with Crippen molar-refractivity contribution in [1.29, 1.82) is 10.5 Å². The lowest BCUT2D eigenvalue weighted by Gasteiger charge is -2.09. The Morgan fingerprint density at radius 2 is 1.81 bits per heavy atom. The molecule has 0 spiro atoms. The molecule has 0 radical (unpaired) electrons. The fraction of sp³-hybridized carbons (Fsp3) is 0. The van der Waals surface area contributed by atoms with Crippen LogP contribution in [0.3, 0.4) is 0 Å². The Hall–Kier alpha value is -2.94. The fourth-order valence-corrected chi connectivity index (χ4v) is 2.66. The predicted octanol–water partition coefficient (Wildman–Crippen LogP) is 1.90. The van der Waals surface area contributed by atoms with E-state index >= 15 is 0 Å². The minimum Gasteiger partial charge on any atom is -0.282 e. The third-order valence-electron chi connectivity index (χ3n) is 2.64. The molecule has 0 bridgehead atoms. The summed E-state index contributed by atoms with van der Waals surface area (Å²) in [6.45, 7) is 0. The summed E-state index contributed by atoms with van der Waals surface area (Å²) in [7, 11) is -4.52. The van der Waals surface area contributed by atoms with Gasteiger partial charge in [-0.15, -0.1) is 0 Å². The third kappa shape index (κ3) is 2.98. The zero-order valence-corrected chi connectivity index (χ0v) is 11.3. The van der Waals surface area contributed by atoms with Crippen LogP contribution < -0.4 is 5.43 Å². The van der Waals surface area contributed by atoms with Gasteiger partial charge < -0.3 is 0 Å². The van der Waals surface area contributed by atoms with Gasteiger partial charge in [0.25, 0.3) is 10.1 Å². The molecule has 7 nitrogen and oxygen atoms in total. The lowest BCUT2D eigenvalue weighted by Crippen LogP contribution is -2.05. The number of nitrogens with zero attached hydrogens (tertiary/aromatic N) is 3. The molecule has 2 aromatic carbocycles. The van der Waals surface area contributed by atoms with Crippen molar-refractivity contribution < 1.29 is 13.0 Å². The summed E-state index contributed by atoms with van der Waals surface area (Å²) in [4.78, 5) is -0.362. The minimum absolute atomic E-state index is 0.0285. The van der Waals surface area contributed by atoms with Gasteiger partial charge in [-0.2, -0.15) is 24.0 Å². The van der Waals surface area contributed by atoms with Crippen LogP contribution in [0, 0.1) is 22.7 Å². The van der Waals surface area contributed by atoms with Crippen LogP contribution in [-0.2, 0) is 10.1 Å². The van der Waals surface area contributed by atoms with Gasteiger partial charge in [0.15, 0.2) is 0 Å². The summed E-state index contributed by atoms with van der Waals surface area (Å²) >= 11 is 0. The number of anilines is 1. The molecule has 2 rings (SSSR count). The topological polar surface area (TPSA) is 126 Å². The Morgan fingerprint density at radius 3 is 2.43 bits per heavy atom. The maximum absolute atomic E-state index is 11.6. The first-order valence-electron chi connectivity index (χ1n) is 5.60. The van der Waals surface area contributed by atoms with Crippen LogP contribution in [0.4, 0.5) is 5.69 Å². The second-order valence-corrected chi connectivity index (χ2v) is 5.29. The molecule has 8 heteroatoms. The molecule has 21 heavy (non-hydrogen) atoms. The molecule has 0 atom stereocenters. The van der Waals surface area contributed by atoms with Crippen LogP contribution in [-0.4, -0.2) is 18.7 Å². The third-order valence-corrected chi connectivity index (χ3v) is 3.59. The number of hydrogen-bond donors (Lipinski definition) is 2. The van der Waals surface area contributed by atoms with Gasteiger partial charge in [0.05, 0.1) is 5.69 Å². The molecule has 0 fully saturated rings. The normalized spacial score (nSPS) is 10.4. The number of nitriles is 2. The number of hydrogen-bond acceptors (Lipinski definition) is 6. The largest absolute Gasteiger partial charge is 0.297 e. The lowest BCUT2D eigenvalue weighted by atomic mass is 10.1. The molecule has 0 aromatic heterocycles. The Kier molecular flexibility index (Phi) is 3.85. The first-order chi connectivity index (χ1) is 9.97. The quantitative estimate of drug-likeness (QED) is 0.506. The van der Waals surface area contributed by atoms with Gasteiger partial charge in [0.2, 0.25) is 5.71 Å². The van der Waals surface area contributed by atoms with E-state index in [-0.39, 0.29) is 10.6 Å². The average Bonchev–Trinajstić information content (AvgIpc) is 2.46. The van der Waals surface area contributed by atoms with Crippen molar-refractivity contribution >= 4 is 32.3 Å². The van der Waals surface area contributed by atoms with Gasteiger partial charge in [-0.05, 0) is 11.5 Å². The number of rotatable bonds is 3. The highest BCUT2D eigenvalue weighted by Gasteiger charge is 2.19. The van der Waals surface area contributed by atoms with Crippen LogP contribution in [0.2, 0.25) is 0 Å². The van der Waals surface area contributed by atoms with Crippen LogP contribution in [0.15, 0.2) is 46.4 Å². The second-order valence-electron chi connectivity index (χ2n) is 3.93. The van der Waals surface area contributed by atoms with E-state index in [1.807, 2.05) is 0 Å². The van der Waals surface area contributed by atoms with Crippen LogP contribution in [0.1, 0.15) is 0 Å². The van der Waals surface area contributed by atoms with Gasteiger partial charge in [0, 0.05) is 5.39 Å². The minimum atomic E-state index is -4.52. The standard InChI is InChI=1S/C13H8N4O3S/c14-7-10(8-15)16-17-12-6-5-9-3-1-2-4-11(9)13(12)21(18,19)20/h1-6,17H,(H,18,19,20). The summed E-state index contributed by atoms with van der Waals surface area (Å²) < 4.78 is 32.6. The molecule has 0 unspecified atom stereocenters. The van der Waals surface area contributed by atoms with E-state index in [4.69, 9.17) is 10.5 Å². The van der Waals surface area contributed by atoms with Crippen molar-refractivity contribution in [1.82, 2.24) is 0 Å². The summed E-state index contributed by atoms with van der Waals surface area (Å²) in [6, 6.07) is 12.6. The van der Waals surface area contributed by atoms with E-state index in [0.717, 1.165) is 0 Å². The highest BCUT2D eigenvalue weighted by molar-refractivity contribution is 7.86. The summed E-state index contributed by atoms with van der Waals surface area (Å²) in [5.41, 5.74) is 1.82. The summed E-state index contributed by atoms with van der Waals surface area (Å²) in [5.74, 6) is 0. The molecule has 0 aliphatic rings. The van der Waals surface area contributed by atoms with Crippen molar-refractivity contribution in [3.63, 3.8) is 0 Å². The summed E-state index contributed by atoms with van der Waals surface area (Å²) in [6.07, 6.45) is 0. The molecule has 0 heterocycles. The van der Waals surface area contributed by atoms with Gasteiger partial charge in [-0.25, -0.2) is 0 Å². The molecular weight excluding hydrogens is 292 g/mol. The molecule has 2 N–H and O–H groups in total. The van der Waals surface area contributed by atoms with Crippen molar-refractivity contribution in [3.05, 3.63) is 36.4 Å². The molecule has 0 aliphatic carbocycles. The van der Waals surface area contributed by atoms with Gasteiger partial charge in [-0.3, -0.25) is 9.98 Å². The van der Waals surface area contributed by atoms with Crippen LogP contribution in [0.25, 0.3) is 10.8 Å². The predicted molar refractivity (Wildman–Crippen MR) is 76.0 cm³/mol. The maximum Gasteiger partial charge on any atom is 0.297 e. The Balaban J connectivity index is 2.68. The highest BCUT2D eigenvalue weighted by atomic mass is 32.2. The highest BCUT2D eigenvalue weighted by Crippen LogP contribution is 2.30. The number of hydrazone groups is 1. The Labute approximate surface area is 120 Å². The number of fused-ring (bicyclic) bond motifs is 1. The zero-order valence-electron chi connectivity index (χ0n) is 10.5. The zero-order chi connectivity index (χ0) is 15.5. The van der Waals surface area contributed by atoms with E-state index in [1.54, 1.807) is 24.3 Å². The first-order valence-corrected chi connectivity index (χ1v) is 7.04. The molecule has 0 aliphatic heterocycles. The van der Waals surface area contributed by atoms with Crippen LogP contribution in [0.5, 0.6) is 0 Å². The van der Waals surface area contributed by atoms with E-state index in [1.165, 1.54) is 24.3 Å². The molecule has 2 aromatic rings. The Morgan fingerprint density at radius 1 is 1.14 bits per heavy atom. The second kappa shape index (κ2) is 5.59. The van der Waals surface area contributed by atoms with Crippen molar-refractivity contribution in [2.24, 2.45) is 5.10 Å². The van der Waals surface area contributed by atoms with Gasteiger partial charge >= 0.3 is 0 Å². The van der Waals surface area contributed by atoms with E-state index in [9.17, 15) is 13.0 Å². The lowest BCUT2D eigenvalue weighted by molar-refractivity contribution is 0.484. The van der Waals surface area contributed by atoms with E-state index < -0.39 is 15.8 Å². The molecule has 0 saturated heterocycles. The number of benzene rings is 2.